The number of nitrogens with zero attached hydrogens (tertiary/aromatic N) is 1. The van der Waals surface area contributed by atoms with E-state index in [4.69, 9.17) is 0 Å². The molecule has 2 heterocycles. The van der Waals surface area contributed by atoms with Crippen molar-refractivity contribution >= 4 is 23.7 Å². The van der Waals surface area contributed by atoms with Gasteiger partial charge in [0.2, 0.25) is 5.91 Å². The molecule has 1 unspecified atom stereocenters. The Labute approximate surface area is 96.6 Å². The minimum atomic E-state index is -0.814. The van der Waals surface area contributed by atoms with E-state index in [2.05, 4.69) is 20.9 Å². The summed E-state index contributed by atoms with van der Waals surface area (Å²) in [5.74, 6) is -0.473. The topological polar surface area (TPSA) is 100 Å². The third kappa shape index (κ3) is 2.77. The highest BCUT2D eigenvalue weighted by Crippen LogP contribution is 2.04. The number of imide groups is 1. The molecule has 2 rings (SSSR count). The lowest BCUT2D eigenvalue weighted by Crippen LogP contribution is -2.33. The first-order valence-electron chi connectivity index (χ1n) is 4.97. The fourth-order valence-corrected chi connectivity index (χ4v) is 1.42. The first-order chi connectivity index (χ1) is 8.15. The number of aromatic nitrogens is 1. The van der Waals surface area contributed by atoms with Crippen molar-refractivity contribution in [2.75, 3.05) is 5.32 Å². The molecular formula is C10H10N4O3. The van der Waals surface area contributed by atoms with E-state index in [1.54, 1.807) is 24.4 Å². The van der Waals surface area contributed by atoms with Crippen LogP contribution in [0.3, 0.4) is 0 Å². The Morgan fingerprint density at radius 3 is 2.82 bits per heavy atom. The van der Waals surface area contributed by atoms with Crippen LogP contribution in [0.15, 0.2) is 24.4 Å². The van der Waals surface area contributed by atoms with Crippen molar-refractivity contribution in [3.05, 3.63) is 24.4 Å². The molecule has 0 aliphatic carbocycles. The van der Waals surface area contributed by atoms with E-state index < -0.39 is 18.0 Å². The molecule has 7 heteroatoms. The molecule has 0 spiro atoms. The maximum Gasteiger partial charge on any atom is 0.322 e. The largest absolute Gasteiger partial charge is 0.325 e. The van der Waals surface area contributed by atoms with Gasteiger partial charge in [-0.15, -0.1) is 0 Å². The molecule has 0 saturated carbocycles. The summed E-state index contributed by atoms with van der Waals surface area (Å²) in [6.45, 7) is 0. The normalized spacial score (nSPS) is 18.5. The molecule has 1 aliphatic heterocycles. The zero-order chi connectivity index (χ0) is 12.3. The van der Waals surface area contributed by atoms with Crippen molar-refractivity contribution in [3.8, 4) is 0 Å². The third-order valence-corrected chi connectivity index (χ3v) is 2.18. The van der Waals surface area contributed by atoms with Crippen molar-refractivity contribution in [2.45, 2.75) is 12.5 Å². The second-order valence-corrected chi connectivity index (χ2v) is 3.48. The highest BCUT2D eigenvalue weighted by molar-refractivity contribution is 6.06. The first-order valence-corrected chi connectivity index (χ1v) is 4.97. The predicted octanol–water partition coefficient (Wildman–Crippen LogP) is -0.382. The molecule has 3 N–H and O–H groups in total. The number of anilines is 1. The van der Waals surface area contributed by atoms with Crippen molar-refractivity contribution in [1.29, 1.82) is 0 Å². The highest BCUT2D eigenvalue weighted by Gasteiger charge is 2.31. The molecule has 0 aromatic carbocycles. The Morgan fingerprint density at radius 1 is 1.41 bits per heavy atom. The summed E-state index contributed by atoms with van der Waals surface area (Å²) in [6.07, 6.45) is 1.42. The van der Waals surface area contributed by atoms with Crippen LogP contribution < -0.4 is 16.0 Å². The van der Waals surface area contributed by atoms with Gasteiger partial charge < -0.3 is 10.6 Å². The average molecular weight is 234 g/mol. The van der Waals surface area contributed by atoms with Gasteiger partial charge in [0.25, 0.3) is 5.91 Å². The van der Waals surface area contributed by atoms with Gasteiger partial charge in [0.1, 0.15) is 11.9 Å². The van der Waals surface area contributed by atoms with Crippen LogP contribution in [0.4, 0.5) is 10.6 Å². The fourth-order valence-electron chi connectivity index (χ4n) is 1.42. The monoisotopic (exact) mass is 234 g/mol. The van der Waals surface area contributed by atoms with Crippen LogP contribution >= 0.6 is 0 Å². The van der Waals surface area contributed by atoms with E-state index in [-0.39, 0.29) is 12.3 Å². The molecule has 17 heavy (non-hydrogen) atoms. The van der Waals surface area contributed by atoms with Gasteiger partial charge in [-0.3, -0.25) is 14.9 Å². The van der Waals surface area contributed by atoms with Gasteiger partial charge in [0.05, 0.1) is 6.42 Å². The summed E-state index contributed by atoms with van der Waals surface area (Å²) >= 11 is 0. The summed E-state index contributed by atoms with van der Waals surface area (Å²) in [7, 11) is 0. The Kier molecular flexibility index (Phi) is 2.99. The second kappa shape index (κ2) is 4.60. The van der Waals surface area contributed by atoms with Gasteiger partial charge in [-0.2, -0.15) is 0 Å². The Morgan fingerprint density at radius 2 is 2.24 bits per heavy atom. The van der Waals surface area contributed by atoms with E-state index in [9.17, 15) is 14.4 Å². The Bertz CT molecular complexity index is 460. The van der Waals surface area contributed by atoms with Crippen molar-refractivity contribution in [1.82, 2.24) is 15.6 Å². The Balaban J connectivity index is 1.90. The van der Waals surface area contributed by atoms with Crippen LogP contribution in [0, 0.1) is 0 Å². The summed E-state index contributed by atoms with van der Waals surface area (Å²) in [5.41, 5.74) is 0. The lowest BCUT2D eigenvalue weighted by atomic mass is 10.2. The van der Waals surface area contributed by atoms with Gasteiger partial charge in [-0.25, -0.2) is 9.78 Å². The van der Waals surface area contributed by atoms with Crippen molar-refractivity contribution in [2.24, 2.45) is 0 Å². The second-order valence-electron chi connectivity index (χ2n) is 3.48. The van der Waals surface area contributed by atoms with Gasteiger partial charge in [0.15, 0.2) is 0 Å². The molecule has 1 aromatic rings. The van der Waals surface area contributed by atoms with Crippen LogP contribution in [0.25, 0.3) is 0 Å². The number of nitrogens with one attached hydrogen (secondary N) is 3. The standard InChI is InChI=1S/C10H10N4O3/c15-8(13-7-3-1-2-4-11-7)5-6-9(16)14-10(17)12-6/h1-4,6H,5H2,(H,11,13,15)(H2,12,14,16,17). The number of hydrogen-bond donors (Lipinski definition) is 3. The fraction of sp³-hybridized carbons (Fsp3) is 0.200. The van der Waals surface area contributed by atoms with Crippen molar-refractivity contribution < 1.29 is 14.4 Å². The zero-order valence-corrected chi connectivity index (χ0v) is 8.77. The minimum absolute atomic E-state index is 0.117. The molecule has 0 radical (unpaired) electrons. The molecule has 1 fully saturated rings. The smallest absolute Gasteiger partial charge is 0.322 e. The maximum absolute atomic E-state index is 11.5. The molecule has 1 saturated heterocycles. The van der Waals surface area contributed by atoms with Gasteiger partial charge >= 0.3 is 6.03 Å². The van der Waals surface area contributed by atoms with Gasteiger partial charge in [0, 0.05) is 6.20 Å². The SMILES string of the molecule is O=C(CC1NC(=O)NC1=O)Nc1ccccn1. The molecule has 0 bridgehead atoms. The van der Waals surface area contributed by atoms with E-state index in [1.165, 1.54) is 0 Å². The maximum atomic E-state index is 11.5. The summed E-state index contributed by atoms with van der Waals surface area (Å²) in [6, 6.07) is 3.69. The molecule has 4 amide bonds. The van der Waals surface area contributed by atoms with Crippen LogP contribution in [-0.2, 0) is 9.59 Å². The number of pyridine rings is 1. The van der Waals surface area contributed by atoms with Gasteiger partial charge in [-0.1, -0.05) is 6.07 Å². The lowest BCUT2D eigenvalue weighted by molar-refractivity contribution is -0.124. The van der Waals surface area contributed by atoms with E-state index >= 15 is 0 Å². The molecule has 1 aliphatic rings. The van der Waals surface area contributed by atoms with E-state index in [0.29, 0.717) is 5.82 Å². The lowest BCUT2D eigenvalue weighted by Gasteiger charge is -2.07. The van der Waals surface area contributed by atoms with Crippen molar-refractivity contribution in [3.63, 3.8) is 0 Å². The number of carbonyl (C=O) groups is 3. The van der Waals surface area contributed by atoms with Gasteiger partial charge in [-0.05, 0) is 12.1 Å². The number of amides is 4. The summed E-state index contributed by atoms with van der Waals surface area (Å²) in [5, 5.41) is 6.91. The molecule has 1 aromatic heterocycles. The van der Waals surface area contributed by atoms with Crippen LogP contribution in [0.1, 0.15) is 6.42 Å². The summed E-state index contributed by atoms with van der Waals surface area (Å²) in [4.78, 5) is 37.4. The third-order valence-electron chi connectivity index (χ3n) is 2.18. The Hall–Kier alpha value is -2.44. The quantitative estimate of drug-likeness (QED) is 0.620. The van der Waals surface area contributed by atoms with E-state index in [0.717, 1.165) is 0 Å². The first kappa shape index (κ1) is 11.1. The summed E-state index contributed by atoms with van der Waals surface area (Å²) < 4.78 is 0. The van der Waals surface area contributed by atoms with Crippen LogP contribution in [0.5, 0.6) is 0 Å². The highest BCUT2D eigenvalue weighted by atomic mass is 16.2. The average Bonchev–Trinajstić information content (AvgIpc) is 2.58. The number of hydrogen-bond acceptors (Lipinski definition) is 4. The molecule has 88 valence electrons. The van der Waals surface area contributed by atoms with Crippen LogP contribution in [0.2, 0.25) is 0 Å². The number of urea groups is 1. The molecular weight excluding hydrogens is 224 g/mol. The predicted molar refractivity (Wildman–Crippen MR) is 57.9 cm³/mol. The number of carbonyl (C=O) groups excluding carboxylic acids is 3. The molecule has 7 nitrogen and oxygen atoms in total. The molecule has 1 atom stereocenters. The zero-order valence-electron chi connectivity index (χ0n) is 8.77. The van der Waals surface area contributed by atoms with E-state index in [1.807, 2.05) is 0 Å². The minimum Gasteiger partial charge on any atom is -0.325 e. The van der Waals surface area contributed by atoms with Crippen LogP contribution in [-0.4, -0.2) is 28.9 Å². The number of rotatable bonds is 3.